The van der Waals surface area contributed by atoms with Crippen molar-refractivity contribution in [1.82, 2.24) is 9.80 Å². The Balaban J connectivity index is 1.50. The standard InChI is InChI=1S/C18H25N3O6/c22-8-7-20-3-5-21(6-4-20)11-13(18(24)25)9-17(23)19-14-1-2-15-16(10-14)27-12-26-15/h1-2,10,13,22H,3-9,11-12H2,(H,19,23)(H,24,25)/t13-/m0/s1. The SMILES string of the molecule is O=C(C[C@@H](CN1CCN(CCO)CC1)C(=O)O)Nc1ccc2c(c1)OCO2. The molecule has 9 nitrogen and oxygen atoms in total. The number of aliphatic hydroxyl groups is 1. The molecule has 0 aliphatic carbocycles. The number of carboxylic acid groups (broad SMARTS) is 1. The molecule has 9 heteroatoms. The van der Waals surface area contributed by atoms with E-state index in [2.05, 4.69) is 15.1 Å². The molecule has 2 aliphatic rings. The van der Waals surface area contributed by atoms with Crippen LogP contribution in [0.2, 0.25) is 0 Å². The lowest BCUT2D eigenvalue weighted by Gasteiger charge is -2.35. The molecule has 0 saturated carbocycles. The first-order valence-electron chi connectivity index (χ1n) is 9.03. The Labute approximate surface area is 157 Å². The summed E-state index contributed by atoms with van der Waals surface area (Å²) in [6.45, 7) is 4.27. The second-order valence-corrected chi connectivity index (χ2v) is 6.72. The van der Waals surface area contributed by atoms with Crippen LogP contribution in [-0.2, 0) is 9.59 Å². The van der Waals surface area contributed by atoms with E-state index < -0.39 is 11.9 Å². The van der Waals surface area contributed by atoms with E-state index >= 15 is 0 Å². The zero-order valence-corrected chi connectivity index (χ0v) is 15.1. The summed E-state index contributed by atoms with van der Waals surface area (Å²) in [5.41, 5.74) is 0.547. The van der Waals surface area contributed by atoms with Gasteiger partial charge in [-0.3, -0.25) is 19.4 Å². The van der Waals surface area contributed by atoms with Crippen molar-refractivity contribution in [2.45, 2.75) is 6.42 Å². The van der Waals surface area contributed by atoms with E-state index in [4.69, 9.17) is 14.6 Å². The molecule has 0 aromatic heterocycles. The Hall–Kier alpha value is -2.36. The maximum Gasteiger partial charge on any atom is 0.308 e. The van der Waals surface area contributed by atoms with Crippen molar-refractivity contribution in [2.75, 3.05) is 58.0 Å². The van der Waals surface area contributed by atoms with Crippen LogP contribution < -0.4 is 14.8 Å². The van der Waals surface area contributed by atoms with Crippen LogP contribution in [0.5, 0.6) is 11.5 Å². The van der Waals surface area contributed by atoms with Crippen molar-refractivity contribution < 1.29 is 29.3 Å². The van der Waals surface area contributed by atoms with Crippen molar-refractivity contribution in [3.05, 3.63) is 18.2 Å². The molecule has 2 aliphatic heterocycles. The van der Waals surface area contributed by atoms with Crippen LogP contribution in [0.1, 0.15) is 6.42 Å². The molecular weight excluding hydrogens is 354 g/mol. The van der Waals surface area contributed by atoms with Crippen LogP contribution in [0.15, 0.2) is 18.2 Å². The first-order chi connectivity index (χ1) is 13.0. The number of fused-ring (bicyclic) bond motifs is 1. The summed E-state index contributed by atoms with van der Waals surface area (Å²) in [4.78, 5) is 28.1. The number of hydrogen-bond donors (Lipinski definition) is 3. The number of carbonyl (C=O) groups excluding carboxylic acids is 1. The minimum Gasteiger partial charge on any atom is -0.481 e. The molecule has 0 spiro atoms. The Morgan fingerprint density at radius 1 is 1.11 bits per heavy atom. The van der Waals surface area contributed by atoms with Crippen LogP contribution >= 0.6 is 0 Å². The van der Waals surface area contributed by atoms with Crippen LogP contribution in [0, 0.1) is 5.92 Å². The smallest absolute Gasteiger partial charge is 0.308 e. The van der Waals surface area contributed by atoms with Crippen LogP contribution in [0.25, 0.3) is 0 Å². The van der Waals surface area contributed by atoms with E-state index in [1.165, 1.54) is 0 Å². The number of aliphatic hydroxyl groups excluding tert-OH is 1. The molecule has 0 radical (unpaired) electrons. The quantitative estimate of drug-likeness (QED) is 0.581. The van der Waals surface area contributed by atoms with Gasteiger partial charge in [-0.05, 0) is 12.1 Å². The molecule has 0 bridgehead atoms. The number of anilines is 1. The highest BCUT2D eigenvalue weighted by Gasteiger charge is 2.26. The number of carbonyl (C=O) groups is 2. The number of aliphatic carboxylic acids is 1. The van der Waals surface area contributed by atoms with Crippen LogP contribution in [-0.4, -0.2) is 84.6 Å². The zero-order valence-electron chi connectivity index (χ0n) is 15.1. The van der Waals surface area contributed by atoms with Gasteiger partial charge in [-0.15, -0.1) is 0 Å². The minimum absolute atomic E-state index is 0.0966. The number of nitrogens with one attached hydrogen (secondary N) is 1. The summed E-state index contributed by atoms with van der Waals surface area (Å²) < 4.78 is 10.5. The molecule has 2 heterocycles. The number of hydrogen-bond acceptors (Lipinski definition) is 7. The summed E-state index contributed by atoms with van der Waals surface area (Å²) in [5.74, 6) is -0.919. The first-order valence-corrected chi connectivity index (χ1v) is 9.03. The van der Waals surface area contributed by atoms with Crippen molar-refractivity contribution in [3.8, 4) is 11.5 Å². The van der Waals surface area contributed by atoms with Gasteiger partial charge in [-0.2, -0.15) is 0 Å². The van der Waals surface area contributed by atoms with Gasteiger partial charge < -0.3 is 25.0 Å². The van der Waals surface area contributed by atoms with Crippen LogP contribution in [0.4, 0.5) is 5.69 Å². The Morgan fingerprint density at radius 3 is 2.52 bits per heavy atom. The summed E-state index contributed by atoms with van der Waals surface area (Å²) in [6, 6.07) is 5.07. The average Bonchev–Trinajstić information content (AvgIpc) is 3.10. The highest BCUT2D eigenvalue weighted by Crippen LogP contribution is 2.34. The van der Waals surface area contributed by atoms with Crippen LogP contribution in [0.3, 0.4) is 0 Å². The molecule has 27 heavy (non-hydrogen) atoms. The predicted molar refractivity (Wildman–Crippen MR) is 96.9 cm³/mol. The highest BCUT2D eigenvalue weighted by atomic mass is 16.7. The summed E-state index contributed by atoms with van der Waals surface area (Å²) in [7, 11) is 0. The fourth-order valence-electron chi connectivity index (χ4n) is 3.29. The van der Waals surface area contributed by atoms with Gasteiger partial charge in [0.2, 0.25) is 12.7 Å². The lowest BCUT2D eigenvalue weighted by atomic mass is 10.0. The number of benzene rings is 1. The first kappa shape index (κ1) is 19.4. The molecule has 1 atom stereocenters. The van der Waals surface area contributed by atoms with Gasteiger partial charge in [-0.1, -0.05) is 0 Å². The van der Waals surface area contributed by atoms with E-state index in [0.29, 0.717) is 30.3 Å². The zero-order chi connectivity index (χ0) is 19.2. The van der Waals surface area contributed by atoms with Gasteiger partial charge in [0.25, 0.3) is 0 Å². The predicted octanol–water partition coefficient (Wildman–Crippen LogP) is 0.0546. The number of carboxylic acids is 1. The Bertz CT molecular complexity index is 675. The maximum absolute atomic E-state index is 12.3. The molecule has 148 valence electrons. The van der Waals surface area contributed by atoms with E-state index in [-0.39, 0.29) is 25.7 Å². The molecule has 0 unspecified atom stereocenters. The second-order valence-electron chi connectivity index (χ2n) is 6.72. The second kappa shape index (κ2) is 9.03. The largest absolute Gasteiger partial charge is 0.481 e. The third-order valence-electron chi connectivity index (χ3n) is 4.80. The molecule has 3 N–H and O–H groups in total. The van der Waals surface area contributed by atoms with Crippen molar-refractivity contribution in [3.63, 3.8) is 0 Å². The van der Waals surface area contributed by atoms with Gasteiger partial charge in [0.1, 0.15) is 0 Å². The van der Waals surface area contributed by atoms with E-state index in [1.807, 2.05) is 0 Å². The van der Waals surface area contributed by atoms with Crippen molar-refractivity contribution in [1.29, 1.82) is 0 Å². The number of rotatable bonds is 8. The van der Waals surface area contributed by atoms with Gasteiger partial charge >= 0.3 is 5.97 Å². The number of nitrogens with zero attached hydrogens (tertiary/aromatic N) is 2. The lowest BCUT2D eigenvalue weighted by Crippen LogP contribution is -2.49. The van der Waals surface area contributed by atoms with Crippen molar-refractivity contribution in [2.24, 2.45) is 5.92 Å². The van der Waals surface area contributed by atoms with Crippen molar-refractivity contribution >= 4 is 17.6 Å². The van der Waals surface area contributed by atoms with Gasteiger partial charge in [0.15, 0.2) is 11.5 Å². The third kappa shape index (κ3) is 5.31. The molecule has 1 fully saturated rings. The lowest BCUT2D eigenvalue weighted by molar-refractivity contribution is -0.144. The molecule has 1 aromatic carbocycles. The van der Waals surface area contributed by atoms with E-state index in [1.54, 1.807) is 18.2 Å². The Kier molecular flexibility index (Phi) is 6.49. The van der Waals surface area contributed by atoms with E-state index in [9.17, 15) is 14.7 Å². The molecular formula is C18H25N3O6. The topological polar surface area (TPSA) is 112 Å². The normalized spacial score (nSPS) is 18.3. The third-order valence-corrected chi connectivity index (χ3v) is 4.80. The fourth-order valence-corrected chi connectivity index (χ4v) is 3.29. The molecule has 1 aromatic rings. The maximum atomic E-state index is 12.3. The van der Waals surface area contributed by atoms with Gasteiger partial charge in [-0.25, -0.2) is 0 Å². The monoisotopic (exact) mass is 379 g/mol. The Morgan fingerprint density at radius 2 is 1.81 bits per heavy atom. The number of amides is 1. The number of ether oxygens (including phenoxy) is 2. The minimum atomic E-state index is -0.978. The van der Waals surface area contributed by atoms with Gasteiger partial charge in [0, 0.05) is 57.4 Å². The average molecular weight is 379 g/mol. The highest BCUT2D eigenvalue weighted by molar-refractivity contribution is 5.93. The summed E-state index contributed by atoms with van der Waals surface area (Å²) in [6.07, 6.45) is -0.0966. The number of β-amino-alcohol motifs (C(OH)–C–C–N with tert-alkyl or cyclic N) is 1. The summed E-state index contributed by atoms with van der Waals surface area (Å²) in [5, 5.41) is 21.2. The fraction of sp³-hybridized carbons (Fsp3) is 0.556. The molecule has 1 amide bonds. The molecule has 1 saturated heterocycles. The number of piperazine rings is 1. The van der Waals surface area contributed by atoms with Gasteiger partial charge in [0.05, 0.1) is 12.5 Å². The molecule has 3 rings (SSSR count). The summed E-state index contributed by atoms with van der Waals surface area (Å²) >= 11 is 0. The van der Waals surface area contributed by atoms with E-state index in [0.717, 1.165) is 26.2 Å².